The lowest BCUT2D eigenvalue weighted by atomic mass is 9.95. The first kappa shape index (κ1) is 13.6. The van der Waals surface area contributed by atoms with Crippen LogP contribution in [0.25, 0.3) is 0 Å². The summed E-state index contributed by atoms with van der Waals surface area (Å²) < 4.78 is 0. The predicted octanol–water partition coefficient (Wildman–Crippen LogP) is 2.99. The number of rotatable bonds is 4. The molecule has 0 radical (unpaired) electrons. The van der Waals surface area contributed by atoms with Crippen molar-refractivity contribution in [3.8, 4) is 0 Å². The predicted molar refractivity (Wildman–Crippen MR) is 77.9 cm³/mol. The molecule has 1 aliphatic rings. The molecular weight excluding hydrogens is 220 g/mol. The van der Waals surface area contributed by atoms with Crippen LogP contribution in [0.4, 0.5) is 0 Å². The van der Waals surface area contributed by atoms with Crippen molar-refractivity contribution in [3.63, 3.8) is 0 Å². The van der Waals surface area contributed by atoms with E-state index < -0.39 is 0 Å². The standard InChI is InChI=1S/C16H26N2/c1-4-12-17-16-14-10-6-5-8-13(14)9-7-11-15(16)18(2)3/h5-6,8,10,15-17H,4,7,9,11-12H2,1-3H3. The number of hydrogen-bond acceptors (Lipinski definition) is 2. The third-order valence-electron chi connectivity index (χ3n) is 4.00. The fourth-order valence-electron chi connectivity index (χ4n) is 3.04. The van der Waals surface area contributed by atoms with Gasteiger partial charge in [0, 0.05) is 12.1 Å². The van der Waals surface area contributed by atoms with Gasteiger partial charge in [-0.25, -0.2) is 0 Å². The average Bonchev–Trinajstić information content (AvgIpc) is 2.55. The molecule has 100 valence electrons. The lowest BCUT2D eigenvalue weighted by Gasteiger charge is -2.32. The average molecular weight is 246 g/mol. The topological polar surface area (TPSA) is 15.3 Å². The van der Waals surface area contributed by atoms with E-state index in [1.54, 1.807) is 0 Å². The highest BCUT2D eigenvalue weighted by Crippen LogP contribution is 2.31. The summed E-state index contributed by atoms with van der Waals surface area (Å²) in [4.78, 5) is 2.38. The molecule has 0 saturated carbocycles. The molecule has 0 aliphatic heterocycles. The van der Waals surface area contributed by atoms with E-state index in [0.29, 0.717) is 12.1 Å². The van der Waals surface area contributed by atoms with Gasteiger partial charge in [0.15, 0.2) is 0 Å². The minimum Gasteiger partial charge on any atom is -0.309 e. The van der Waals surface area contributed by atoms with E-state index >= 15 is 0 Å². The Labute approximate surface area is 111 Å². The zero-order valence-electron chi connectivity index (χ0n) is 11.9. The molecular formula is C16H26N2. The van der Waals surface area contributed by atoms with E-state index in [1.165, 1.54) is 36.8 Å². The summed E-state index contributed by atoms with van der Waals surface area (Å²) >= 11 is 0. The van der Waals surface area contributed by atoms with Gasteiger partial charge in [-0.3, -0.25) is 0 Å². The van der Waals surface area contributed by atoms with Crippen molar-refractivity contribution in [2.45, 2.75) is 44.7 Å². The van der Waals surface area contributed by atoms with Gasteiger partial charge in [0.2, 0.25) is 0 Å². The number of fused-ring (bicyclic) bond motifs is 1. The number of aryl methyl sites for hydroxylation is 1. The SMILES string of the molecule is CCCNC1c2ccccc2CCCC1N(C)C. The van der Waals surface area contributed by atoms with Crippen LogP contribution in [-0.2, 0) is 6.42 Å². The summed E-state index contributed by atoms with van der Waals surface area (Å²) in [6.45, 7) is 3.34. The molecule has 1 aromatic carbocycles. The maximum absolute atomic E-state index is 3.76. The Morgan fingerprint density at radius 3 is 2.78 bits per heavy atom. The summed E-state index contributed by atoms with van der Waals surface area (Å²) in [6.07, 6.45) is 5.00. The minimum absolute atomic E-state index is 0.485. The van der Waals surface area contributed by atoms with Crippen molar-refractivity contribution in [1.29, 1.82) is 0 Å². The van der Waals surface area contributed by atoms with Gasteiger partial charge in [0.25, 0.3) is 0 Å². The van der Waals surface area contributed by atoms with E-state index in [-0.39, 0.29) is 0 Å². The normalized spacial score (nSPS) is 23.8. The second-order valence-corrected chi connectivity index (χ2v) is 5.55. The first-order chi connectivity index (χ1) is 8.74. The Bertz CT molecular complexity index is 373. The monoisotopic (exact) mass is 246 g/mol. The van der Waals surface area contributed by atoms with Gasteiger partial charge in [-0.2, -0.15) is 0 Å². The first-order valence-corrected chi connectivity index (χ1v) is 7.21. The van der Waals surface area contributed by atoms with Crippen molar-refractivity contribution < 1.29 is 0 Å². The van der Waals surface area contributed by atoms with E-state index in [4.69, 9.17) is 0 Å². The summed E-state index contributed by atoms with van der Waals surface area (Å²) in [5.41, 5.74) is 3.05. The second kappa shape index (κ2) is 6.35. The molecule has 2 rings (SSSR count). The number of nitrogens with one attached hydrogen (secondary N) is 1. The van der Waals surface area contributed by atoms with Crippen LogP contribution in [0, 0.1) is 0 Å². The molecule has 0 saturated heterocycles. The Hall–Kier alpha value is -0.860. The van der Waals surface area contributed by atoms with Gasteiger partial charge in [-0.15, -0.1) is 0 Å². The van der Waals surface area contributed by atoms with E-state index in [1.807, 2.05) is 0 Å². The van der Waals surface area contributed by atoms with Crippen LogP contribution in [0.1, 0.15) is 43.4 Å². The van der Waals surface area contributed by atoms with Crippen LogP contribution >= 0.6 is 0 Å². The molecule has 18 heavy (non-hydrogen) atoms. The number of nitrogens with zero attached hydrogens (tertiary/aromatic N) is 1. The molecule has 0 fully saturated rings. The van der Waals surface area contributed by atoms with Crippen molar-refractivity contribution in [3.05, 3.63) is 35.4 Å². The van der Waals surface area contributed by atoms with Crippen LogP contribution in [-0.4, -0.2) is 31.6 Å². The molecule has 1 N–H and O–H groups in total. The van der Waals surface area contributed by atoms with Crippen LogP contribution in [0.5, 0.6) is 0 Å². The molecule has 2 nitrogen and oxygen atoms in total. The van der Waals surface area contributed by atoms with Crippen molar-refractivity contribution in [1.82, 2.24) is 10.2 Å². The molecule has 2 unspecified atom stereocenters. The van der Waals surface area contributed by atoms with Gasteiger partial charge >= 0.3 is 0 Å². The van der Waals surface area contributed by atoms with Crippen LogP contribution in [0.3, 0.4) is 0 Å². The summed E-state index contributed by atoms with van der Waals surface area (Å²) in [5.74, 6) is 0. The van der Waals surface area contributed by atoms with Crippen molar-refractivity contribution in [2.75, 3.05) is 20.6 Å². The molecule has 1 aliphatic carbocycles. The fraction of sp³-hybridized carbons (Fsp3) is 0.625. The van der Waals surface area contributed by atoms with Crippen molar-refractivity contribution in [2.24, 2.45) is 0 Å². The lowest BCUT2D eigenvalue weighted by molar-refractivity contribution is 0.218. The highest BCUT2D eigenvalue weighted by atomic mass is 15.1. The highest BCUT2D eigenvalue weighted by Gasteiger charge is 2.28. The molecule has 0 amide bonds. The maximum atomic E-state index is 3.76. The number of hydrogen-bond donors (Lipinski definition) is 1. The third kappa shape index (κ3) is 2.93. The zero-order chi connectivity index (χ0) is 13.0. The third-order valence-corrected chi connectivity index (χ3v) is 4.00. The highest BCUT2D eigenvalue weighted by molar-refractivity contribution is 5.32. The van der Waals surface area contributed by atoms with E-state index in [9.17, 15) is 0 Å². The first-order valence-electron chi connectivity index (χ1n) is 7.21. The molecule has 0 spiro atoms. The largest absolute Gasteiger partial charge is 0.309 e. The van der Waals surface area contributed by atoms with E-state index in [2.05, 4.69) is 55.5 Å². The minimum atomic E-state index is 0.485. The molecule has 2 atom stereocenters. The molecule has 0 bridgehead atoms. The van der Waals surface area contributed by atoms with Gasteiger partial charge in [-0.05, 0) is 57.5 Å². The number of likely N-dealkylation sites (N-methyl/N-ethyl adjacent to an activating group) is 1. The smallest absolute Gasteiger partial charge is 0.0480 e. The summed E-state index contributed by atoms with van der Waals surface area (Å²) in [6, 6.07) is 10.1. The van der Waals surface area contributed by atoms with Gasteiger partial charge in [0.05, 0.1) is 0 Å². The fourth-order valence-corrected chi connectivity index (χ4v) is 3.04. The Balaban J connectivity index is 2.30. The van der Waals surface area contributed by atoms with Crippen molar-refractivity contribution >= 4 is 0 Å². The van der Waals surface area contributed by atoms with Crippen LogP contribution < -0.4 is 5.32 Å². The lowest BCUT2D eigenvalue weighted by Crippen LogP contribution is -2.41. The molecule has 0 heterocycles. The van der Waals surface area contributed by atoms with Gasteiger partial charge in [0.1, 0.15) is 0 Å². The molecule has 1 aromatic rings. The van der Waals surface area contributed by atoms with Crippen LogP contribution in [0.15, 0.2) is 24.3 Å². The van der Waals surface area contributed by atoms with E-state index in [0.717, 1.165) is 6.54 Å². The van der Waals surface area contributed by atoms with Gasteiger partial charge in [-0.1, -0.05) is 31.2 Å². The van der Waals surface area contributed by atoms with Crippen LogP contribution in [0.2, 0.25) is 0 Å². The summed E-state index contributed by atoms with van der Waals surface area (Å²) in [7, 11) is 4.42. The number of benzene rings is 1. The molecule has 0 aromatic heterocycles. The molecule has 2 heteroatoms. The zero-order valence-corrected chi connectivity index (χ0v) is 11.9. The Morgan fingerprint density at radius 2 is 2.06 bits per heavy atom. The summed E-state index contributed by atoms with van der Waals surface area (Å²) in [5, 5.41) is 3.76. The maximum Gasteiger partial charge on any atom is 0.0480 e. The quantitative estimate of drug-likeness (QED) is 0.822. The Kier molecular flexibility index (Phi) is 4.79. The Morgan fingerprint density at radius 1 is 1.28 bits per heavy atom. The second-order valence-electron chi connectivity index (χ2n) is 5.55. The van der Waals surface area contributed by atoms with Gasteiger partial charge < -0.3 is 10.2 Å².